The van der Waals surface area contributed by atoms with E-state index in [0.29, 0.717) is 23.1 Å². The maximum Gasteiger partial charge on any atom is 0.145 e. The van der Waals surface area contributed by atoms with Crippen molar-refractivity contribution in [2.45, 2.75) is 6.54 Å². The molecule has 0 bridgehead atoms. The van der Waals surface area contributed by atoms with E-state index in [4.69, 9.17) is 32.7 Å². The molecule has 0 saturated carbocycles. The molecule has 1 aromatic carbocycles. The highest BCUT2D eigenvalue weighted by Gasteiger charge is 2.11. The zero-order valence-electron chi connectivity index (χ0n) is 10.8. The van der Waals surface area contributed by atoms with Crippen molar-refractivity contribution in [1.82, 2.24) is 0 Å². The second-order valence-electron chi connectivity index (χ2n) is 3.87. The van der Waals surface area contributed by atoms with Gasteiger partial charge in [-0.1, -0.05) is 23.2 Å². The quantitative estimate of drug-likeness (QED) is 0.729. The molecular formula is C13H12BrCl2NO2S. The van der Waals surface area contributed by atoms with Crippen LogP contribution in [0.2, 0.25) is 9.36 Å². The summed E-state index contributed by atoms with van der Waals surface area (Å²) in [6.07, 6.45) is 0. The first-order chi connectivity index (χ1) is 9.55. The second kappa shape index (κ2) is 6.89. The summed E-state index contributed by atoms with van der Waals surface area (Å²) in [6, 6.07) is 5.52. The lowest BCUT2D eigenvalue weighted by atomic mass is 10.2. The van der Waals surface area contributed by atoms with Crippen LogP contribution in [-0.4, -0.2) is 14.2 Å². The van der Waals surface area contributed by atoms with Crippen LogP contribution in [0.4, 0.5) is 5.69 Å². The molecule has 20 heavy (non-hydrogen) atoms. The maximum atomic E-state index is 6.12. The highest BCUT2D eigenvalue weighted by Crippen LogP contribution is 2.37. The fourth-order valence-corrected chi connectivity index (χ4v) is 3.63. The molecule has 7 heteroatoms. The number of ether oxygens (including phenoxy) is 2. The van der Waals surface area contributed by atoms with Crippen LogP contribution in [-0.2, 0) is 6.54 Å². The van der Waals surface area contributed by atoms with E-state index in [1.165, 1.54) is 11.3 Å². The van der Waals surface area contributed by atoms with Gasteiger partial charge in [0.15, 0.2) is 0 Å². The molecule has 1 heterocycles. The predicted molar refractivity (Wildman–Crippen MR) is 88.9 cm³/mol. The summed E-state index contributed by atoms with van der Waals surface area (Å²) in [5, 5.41) is 3.81. The first kappa shape index (κ1) is 15.8. The van der Waals surface area contributed by atoms with Gasteiger partial charge in [-0.25, -0.2) is 0 Å². The third kappa shape index (κ3) is 3.52. The molecule has 0 spiro atoms. The molecule has 0 aliphatic heterocycles. The number of rotatable bonds is 5. The molecule has 1 aromatic heterocycles. The average molecular weight is 397 g/mol. The van der Waals surface area contributed by atoms with Gasteiger partial charge >= 0.3 is 0 Å². The Morgan fingerprint density at radius 1 is 1.15 bits per heavy atom. The third-order valence-corrected chi connectivity index (χ3v) is 5.39. The SMILES string of the molecule is COc1cc(OC)c(NCc2cc(Br)c(Cl)s2)cc1Cl. The Labute approximate surface area is 139 Å². The number of thiophene rings is 1. The first-order valence-corrected chi connectivity index (χ1v) is 8.00. The standard InChI is InChI=1S/C13H12BrCl2NO2S/c1-18-11-5-12(19-2)10(4-9(11)15)17-6-7-3-8(14)13(16)20-7/h3-5,17H,6H2,1-2H3. The minimum Gasteiger partial charge on any atom is -0.495 e. The van der Waals surface area contributed by atoms with E-state index in [0.717, 1.165) is 19.4 Å². The minimum atomic E-state index is 0.529. The van der Waals surface area contributed by atoms with Gasteiger partial charge < -0.3 is 14.8 Å². The van der Waals surface area contributed by atoms with Crippen LogP contribution in [0, 0.1) is 0 Å². The Kier molecular flexibility index (Phi) is 5.43. The third-order valence-electron chi connectivity index (χ3n) is 2.62. The van der Waals surface area contributed by atoms with E-state index in [-0.39, 0.29) is 0 Å². The van der Waals surface area contributed by atoms with Crippen molar-refractivity contribution >= 4 is 56.2 Å². The molecular weight excluding hydrogens is 385 g/mol. The Morgan fingerprint density at radius 3 is 2.40 bits per heavy atom. The van der Waals surface area contributed by atoms with Gasteiger partial charge in [-0.05, 0) is 28.1 Å². The van der Waals surface area contributed by atoms with Crippen molar-refractivity contribution in [3.63, 3.8) is 0 Å². The zero-order chi connectivity index (χ0) is 14.7. The number of hydrogen-bond acceptors (Lipinski definition) is 4. The molecule has 0 fully saturated rings. The Balaban J connectivity index is 2.18. The number of benzene rings is 1. The summed E-state index contributed by atoms with van der Waals surface area (Å²) in [4.78, 5) is 1.11. The summed E-state index contributed by atoms with van der Waals surface area (Å²) >= 11 is 17.0. The molecule has 2 aromatic rings. The molecule has 0 aliphatic rings. The van der Waals surface area contributed by atoms with Gasteiger partial charge in [0.25, 0.3) is 0 Å². The van der Waals surface area contributed by atoms with E-state index in [2.05, 4.69) is 21.2 Å². The molecule has 3 nitrogen and oxygen atoms in total. The molecule has 0 aliphatic carbocycles. The van der Waals surface area contributed by atoms with Crippen LogP contribution < -0.4 is 14.8 Å². The average Bonchev–Trinajstić information content (AvgIpc) is 2.75. The Hall–Kier alpha value is -0.620. The number of halogens is 3. The van der Waals surface area contributed by atoms with Gasteiger partial charge in [-0.15, -0.1) is 11.3 Å². The number of methoxy groups -OCH3 is 2. The van der Waals surface area contributed by atoms with Crippen LogP contribution >= 0.6 is 50.5 Å². The summed E-state index contributed by atoms with van der Waals surface area (Å²) in [6.45, 7) is 0.634. The van der Waals surface area contributed by atoms with E-state index < -0.39 is 0 Å². The topological polar surface area (TPSA) is 30.5 Å². The minimum absolute atomic E-state index is 0.529. The van der Waals surface area contributed by atoms with Crippen molar-refractivity contribution < 1.29 is 9.47 Å². The van der Waals surface area contributed by atoms with E-state index in [9.17, 15) is 0 Å². The lowest BCUT2D eigenvalue weighted by Crippen LogP contribution is -2.00. The predicted octanol–water partition coefficient (Wildman–Crippen LogP) is 5.45. The molecule has 0 unspecified atom stereocenters. The molecule has 0 atom stereocenters. The number of nitrogens with one attached hydrogen (secondary N) is 1. The fourth-order valence-electron chi connectivity index (χ4n) is 1.66. The van der Waals surface area contributed by atoms with Gasteiger partial charge in [0.2, 0.25) is 0 Å². The van der Waals surface area contributed by atoms with Crippen molar-refractivity contribution in [1.29, 1.82) is 0 Å². The zero-order valence-corrected chi connectivity index (χ0v) is 14.7. The number of hydrogen-bond donors (Lipinski definition) is 1. The molecule has 0 saturated heterocycles. The van der Waals surface area contributed by atoms with Crippen LogP contribution in [0.3, 0.4) is 0 Å². The van der Waals surface area contributed by atoms with Crippen LogP contribution in [0.1, 0.15) is 4.88 Å². The first-order valence-electron chi connectivity index (χ1n) is 5.64. The molecule has 1 N–H and O–H groups in total. The second-order valence-corrected chi connectivity index (χ2v) is 6.88. The monoisotopic (exact) mass is 395 g/mol. The van der Waals surface area contributed by atoms with Gasteiger partial charge in [0.05, 0.1) is 24.9 Å². The van der Waals surface area contributed by atoms with Crippen molar-refractivity contribution in [2.75, 3.05) is 19.5 Å². The van der Waals surface area contributed by atoms with Gasteiger partial charge in [0.1, 0.15) is 15.8 Å². The van der Waals surface area contributed by atoms with E-state index in [1.807, 2.05) is 6.07 Å². The highest BCUT2D eigenvalue weighted by atomic mass is 79.9. The lowest BCUT2D eigenvalue weighted by Gasteiger charge is -2.13. The molecule has 2 rings (SSSR count). The summed E-state index contributed by atoms with van der Waals surface area (Å²) in [7, 11) is 3.17. The highest BCUT2D eigenvalue weighted by molar-refractivity contribution is 9.10. The summed E-state index contributed by atoms with van der Waals surface area (Å²) in [5.41, 5.74) is 0.805. The number of anilines is 1. The smallest absolute Gasteiger partial charge is 0.145 e. The maximum absolute atomic E-state index is 6.12. The Bertz CT molecular complexity index is 599. The Morgan fingerprint density at radius 2 is 1.85 bits per heavy atom. The van der Waals surface area contributed by atoms with Crippen molar-refractivity contribution in [3.05, 3.63) is 36.9 Å². The summed E-state index contributed by atoms with van der Waals surface area (Å²) in [5.74, 6) is 1.25. The van der Waals surface area contributed by atoms with E-state index >= 15 is 0 Å². The van der Waals surface area contributed by atoms with Gasteiger partial charge in [-0.3, -0.25) is 0 Å². The fraction of sp³-hybridized carbons (Fsp3) is 0.231. The molecule has 0 radical (unpaired) electrons. The normalized spacial score (nSPS) is 10.4. The lowest BCUT2D eigenvalue weighted by molar-refractivity contribution is 0.395. The van der Waals surface area contributed by atoms with Crippen LogP contribution in [0.15, 0.2) is 22.7 Å². The largest absolute Gasteiger partial charge is 0.495 e. The van der Waals surface area contributed by atoms with Crippen LogP contribution in [0.25, 0.3) is 0 Å². The van der Waals surface area contributed by atoms with Gasteiger partial charge in [-0.2, -0.15) is 0 Å². The summed E-state index contributed by atoms with van der Waals surface area (Å²) < 4.78 is 12.1. The molecule has 108 valence electrons. The van der Waals surface area contributed by atoms with Crippen LogP contribution in [0.5, 0.6) is 11.5 Å². The van der Waals surface area contributed by atoms with E-state index in [1.54, 1.807) is 26.4 Å². The van der Waals surface area contributed by atoms with Crippen molar-refractivity contribution in [3.8, 4) is 11.5 Å². The molecule has 0 amide bonds. The van der Waals surface area contributed by atoms with Crippen molar-refractivity contribution in [2.24, 2.45) is 0 Å². The van der Waals surface area contributed by atoms with Gasteiger partial charge in [0, 0.05) is 22.0 Å².